The van der Waals surface area contributed by atoms with Gasteiger partial charge < -0.3 is 14.5 Å². The van der Waals surface area contributed by atoms with Crippen LogP contribution in [0.25, 0.3) is 0 Å². The molecule has 0 aromatic carbocycles. The van der Waals surface area contributed by atoms with Crippen LogP contribution in [-0.2, 0) is 17.8 Å². The molecule has 2 aliphatic heterocycles. The van der Waals surface area contributed by atoms with Gasteiger partial charge in [-0.05, 0) is 17.7 Å². The Morgan fingerprint density at radius 2 is 1.70 bits per heavy atom. The van der Waals surface area contributed by atoms with Gasteiger partial charge in [-0.15, -0.1) is 11.3 Å². The van der Waals surface area contributed by atoms with Gasteiger partial charge in [0.05, 0.1) is 27.9 Å². The fraction of sp³-hybridized carbons (Fsp3) is 0.412. The molecule has 27 heavy (non-hydrogen) atoms. The van der Waals surface area contributed by atoms with E-state index >= 15 is 0 Å². The average Bonchev–Trinajstić information content (AvgIpc) is 3.34. The zero-order valence-corrected chi connectivity index (χ0v) is 16.0. The number of hydrogen-bond acceptors (Lipinski definition) is 7. The minimum atomic E-state index is -0.496. The monoisotopic (exact) mass is 407 g/mol. The summed E-state index contributed by atoms with van der Waals surface area (Å²) >= 11 is 2.41. The number of rotatable bonds is 3. The third-order valence-corrected chi connectivity index (χ3v) is 6.93. The van der Waals surface area contributed by atoms with Gasteiger partial charge in [0.25, 0.3) is 11.8 Å². The third kappa shape index (κ3) is 3.60. The van der Waals surface area contributed by atoms with Gasteiger partial charge in [0.2, 0.25) is 0 Å². The van der Waals surface area contributed by atoms with Crippen LogP contribution in [0.5, 0.6) is 0 Å². The Kier molecular flexibility index (Phi) is 4.94. The number of thiophene rings is 2. The van der Waals surface area contributed by atoms with Crippen molar-refractivity contribution < 1.29 is 19.2 Å². The van der Waals surface area contributed by atoms with E-state index in [9.17, 15) is 19.7 Å². The summed E-state index contributed by atoms with van der Waals surface area (Å²) in [6.45, 7) is 3.01. The predicted molar refractivity (Wildman–Crippen MR) is 100 cm³/mol. The number of ether oxygens (including phenoxy) is 1. The standard InChI is InChI=1S/C17H17N3O5S2/c21-16(13-1-2-15(27-13)20(23)24)18-4-6-19(7-5-18)17(22)14-9-11-10-25-8-3-12(11)26-14/h1-2,9H,3-8,10H2. The van der Waals surface area contributed by atoms with E-state index in [1.807, 2.05) is 6.07 Å². The van der Waals surface area contributed by atoms with Crippen molar-refractivity contribution in [3.8, 4) is 0 Å². The van der Waals surface area contributed by atoms with Crippen LogP contribution >= 0.6 is 22.7 Å². The molecule has 0 saturated carbocycles. The van der Waals surface area contributed by atoms with Crippen molar-refractivity contribution in [1.82, 2.24) is 9.80 Å². The summed E-state index contributed by atoms with van der Waals surface area (Å²) in [6, 6.07) is 4.75. The van der Waals surface area contributed by atoms with Crippen LogP contribution in [0.1, 0.15) is 29.8 Å². The quantitative estimate of drug-likeness (QED) is 0.575. The number of fused-ring (bicyclic) bond motifs is 1. The lowest BCUT2D eigenvalue weighted by Gasteiger charge is -2.34. The molecule has 1 fully saturated rings. The molecule has 8 nitrogen and oxygen atoms in total. The molecule has 4 heterocycles. The second-order valence-electron chi connectivity index (χ2n) is 6.34. The minimum Gasteiger partial charge on any atom is -0.376 e. The first kappa shape index (κ1) is 18.1. The first-order valence-electron chi connectivity index (χ1n) is 8.55. The van der Waals surface area contributed by atoms with Gasteiger partial charge in [-0.25, -0.2) is 0 Å². The van der Waals surface area contributed by atoms with E-state index in [2.05, 4.69) is 0 Å². The molecule has 2 amide bonds. The summed E-state index contributed by atoms with van der Waals surface area (Å²) in [5.41, 5.74) is 1.10. The summed E-state index contributed by atoms with van der Waals surface area (Å²) in [7, 11) is 0. The maximum absolute atomic E-state index is 12.8. The van der Waals surface area contributed by atoms with Crippen LogP contribution in [0.2, 0.25) is 0 Å². The van der Waals surface area contributed by atoms with Gasteiger partial charge in [-0.2, -0.15) is 0 Å². The second-order valence-corrected chi connectivity index (χ2v) is 8.54. The van der Waals surface area contributed by atoms with E-state index in [0.717, 1.165) is 28.2 Å². The molecule has 0 radical (unpaired) electrons. The van der Waals surface area contributed by atoms with Crippen molar-refractivity contribution in [1.29, 1.82) is 0 Å². The van der Waals surface area contributed by atoms with Gasteiger partial charge in [0, 0.05) is 43.5 Å². The lowest BCUT2D eigenvalue weighted by Crippen LogP contribution is -2.50. The highest BCUT2D eigenvalue weighted by molar-refractivity contribution is 7.17. The highest BCUT2D eigenvalue weighted by Gasteiger charge is 2.28. The molecule has 1 saturated heterocycles. The van der Waals surface area contributed by atoms with Crippen molar-refractivity contribution in [2.45, 2.75) is 13.0 Å². The number of piperazine rings is 1. The molecular formula is C17H17N3O5S2. The van der Waals surface area contributed by atoms with Gasteiger partial charge in [0.15, 0.2) is 0 Å². The Morgan fingerprint density at radius 1 is 1.04 bits per heavy atom. The highest BCUT2D eigenvalue weighted by atomic mass is 32.1. The lowest BCUT2D eigenvalue weighted by molar-refractivity contribution is -0.380. The van der Waals surface area contributed by atoms with Gasteiger partial charge >= 0.3 is 5.00 Å². The van der Waals surface area contributed by atoms with E-state index in [1.54, 1.807) is 9.80 Å². The van der Waals surface area contributed by atoms with Crippen LogP contribution in [0.3, 0.4) is 0 Å². The summed E-state index contributed by atoms with van der Waals surface area (Å²) in [5.74, 6) is -0.225. The Bertz CT molecular complexity index is 875. The molecule has 0 N–H and O–H groups in total. The van der Waals surface area contributed by atoms with Gasteiger partial charge in [-0.1, -0.05) is 11.3 Å². The van der Waals surface area contributed by atoms with E-state index < -0.39 is 4.92 Å². The number of nitro groups is 1. The van der Waals surface area contributed by atoms with Crippen molar-refractivity contribution in [2.24, 2.45) is 0 Å². The van der Waals surface area contributed by atoms with E-state index in [4.69, 9.17) is 4.74 Å². The maximum Gasteiger partial charge on any atom is 0.324 e. The van der Waals surface area contributed by atoms with Crippen molar-refractivity contribution in [3.05, 3.63) is 48.5 Å². The number of carbonyl (C=O) groups excluding carboxylic acids is 2. The molecule has 0 aliphatic carbocycles. The largest absolute Gasteiger partial charge is 0.376 e. The molecule has 2 aliphatic rings. The molecule has 10 heteroatoms. The molecule has 142 valence electrons. The number of carbonyl (C=O) groups is 2. The molecule has 2 aromatic heterocycles. The summed E-state index contributed by atoms with van der Waals surface area (Å²) in [6.07, 6.45) is 0.850. The first-order valence-corrected chi connectivity index (χ1v) is 10.2. The van der Waals surface area contributed by atoms with E-state index in [1.165, 1.54) is 28.3 Å². The third-order valence-electron chi connectivity index (χ3n) is 4.68. The second kappa shape index (κ2) is 7.37. The van der Waals surface area contributed by atoms with Crippen molar-refractivity contribution >= 4 is 39.5 Å². The normalized spacial score (nSPS) is 16.9. The first-order chi connectivity index (χ1) is 13.0. The fourth-order valence-electron chi connectivity index (χ4n) is 3.22. The Balaban J connectivity index is 1.38. The summed E-state index contributed by atoms with van der Waals surface area (Å²) in [4.78, 5) is 41.3. The summed E-state index contributed by atoms with van der Waals surface area (Å²) in [5, 5.41) is 10.7. The van der Waals surface area contributed by atoms with Gasteiger partial charge in [-0.3, -0.25) is 19.7 Å². The van der Waals surface area contributed by atoms with Crippen LogP contribution in [-0.4, -0.2) is 59.3 Å². The minimum absolute atomic E-state index is 0.00624. The van der Waals surface area contributed by atoms with Crippen LogP contribution in [0.15, 0.2) is 18.2 Å². The Morgan fingerprint density at radius 3 is 2.30 bits per heavy atom. The Hall–Kier alpha value is -2.30. The van der Waals surface area contributed by atoms with Crippen molar-refractivity contribution in [3.63, 3.8) is 0 Å². The van der Waals surface area contributed by atoms with Crippen LogP contribution < -0.4 is 0 Å². The zero-order chi connectivity index (χ0) is 19.0. The molecular weight excluding hydrogens is 390 g/mol. The molecule has 0 bridgehead atoms. The van der Waals surface area contributed by atoms with Crippen molar-refractivity contribution in [2.75, 3.05) is 32.8 Å². The highest BCUT2D eigenvalue weighted by Crippen LogP contribution is 2.29. The molecule has 0 unspecified atom stereocenters. The number of hydrogen-bond donors (Lipinski definition) is 0. The van der Waals surface area contributed by atoms with Crippen LogP contribution in [0, 0.1) is 10.1 Å². The maximum atomic E-state index is 12.8. The molecule has 0 spiro atoms. The summed E-state index contributed by atoms with van der Waals surface area (Å²) < 4.78 is 5.43. The average molecular weight is 407 g/mol. The zero-order valence-electron chi connectivity index (χ0n) is 14.4. The van der Waals surface area contributed by atoms with Gasteiger partial charge in [0.1, 0.15) is 0 Å². The lowest BCUT2D eigenvalue weighted by atomic mass is 10.2. The SMILES string of the molecule is O=C(c1ccc([N+](=O)[O-])s1)N1CCN(C(=O)c2cc3c(s2)CCOC3)CC1. The fourth-order valence-corrected chi connectivity index (χ4v) is 5.12. The molecule has 0 atom stereocenters. The van der Waals surface area contributed by atoms with E-state index in [0.29, 0.717) is 44.3 Å². The van der Waals surface area contributed by atoms with Crippen LogP contribution in [0.4, 0.5) is 5.00 Å². The topological polar surface area (TPSA) is 93.0 Å². The predicted octanol–water partition coefficient (Wildman–Crippen LogP) is 2.39. The number of nitrogens with zero attached hydrogens (tertiary/aromatic N) is 3. The molecule has 2 aromatic rings. The van der Waals surface area contributed by atoms with E-state index in [-0.39, 0.29) is 16.8 Å². The molecule has 4 rings (SSSR count). The Labute approximate surface area is 163 Å². The number of amides is 2. The smallest absolute Gasteiger partial charge is 0.324 e.